The van der Waals surface area contributed by atoms with E-state index in [4.69, 9.17) is 14.6 Å². The van der Waals surface area contributed by atoms with Crippen LogP contribution < -0.4 is 10.1 Å². The van der Waals surface area contributed by atoms with E-state index in [9.17, 15) is 4.79 Å². The number of nitrogens with one attached hydrogen (secondary N) is 1. The van der Waals surface area contributed by atoms with E-state index in [1.807, 2.05) is 18.2 Å². The highest BCUT2D eigenvalue weighted by Gasteiger charge is 2.16. The molecule has 1 rings (SSSR count). The molecule has 0 heterocycles. The van der Waals surface area contributed by atoms with Gasteiger partial charge in [0, 0.05) is 0 Å². The number of hydrogen-bond acceptors (Lipinski definition) is 4. The molecule has 0 fully saturated rings. The number of hydrogen-bond donors (Lipinski definition) is 2. The predicted molar refractivity (Wildman–Crippen MR) is 89.3 cm³/mol. The monoisotopic (exact) mass is 319 g/mol. The van der Waals surface area contributed by atoms with Crippen LogP contribution in [0.25, 0.3) is 0 Å². The van der Waals surface area contributed by atoms with Crippen molar-refractivity contribution >= 4 is 6.09 Å². The van der Waals surface area contributed by atoms with Gasteiger partial charge in [-0.25, -0.2) is 4.79 Å². The average Bonchev–Trinajstić information content (AvgIpc) is 2.44. The Balaban J connectivity index is 2.73. The molecule has 0 aliphatic heterocycles. The predicted octanol–water partition coefficient (Wildman–Crippen LogP) is 2.71. The van der Waals surface area contributed by atoms with Crippen LogP contribution in [0.1, 0.15) is 40.2 Å². The highest BCUT2D eigenvalue weighted by molar-refractivity contribution is 5.68. The third kappa shape index (κ3) is 7.57. The highest BCUT2D eigenvalue weighted by Crippen LogP contribution is 2.18. The molecule has 0 spiro atoms. The number of aliphatic hydroxyl groups excluding tert-OH is 1. The minimum absolute atomic E-state index is 0.0711. The van der Waals surface area contributed by atoms with Crippen LogP contribution in [0.4, 0.5) is 4.79 Å². The summed E-state index contributed by atoms with van der Waals surface area (Å²) in [4.78, 5) is 11.7. The molecular weight excluding hydrogens is 294 g/mol. The third-order valence-electron chi connectivity index (χ3n) is 2.63. The van der Waals surface area contributed by atoms with Crippen LogP contribution in [-0.2, 0) is 4.74 Å². The number of benzene rings is 1. The normalized spacial score (nSPS) is 13.3. The lowest BCUT2D eigenvalue weighted by molar-refractivity contribution is 0.0519. The maximum atomic E-state index is 11.7. The molecule has 0 aliphatic carbocycles. The number of amides is 1. The van der Waals surface area contributed by atoms with Crippen molar-refractivity contribution in [2.75, 3.05) is 6.61 Å². The van der Waals surface area contributed by atoms with Gasteiger partial charge in [-0.1, -0.05) is 24.0 Å². The Morgan fingerprint density at radius 3 is 2.57 bits per heavy atom. The van der Waals surface area contributed by atoms with Crippen molar-refractivity contribution in [3.05, 3.63) is 29.8 Å². The Morgan fingerprint density at radius 2 is 1.96 bits per heavy atom. The summed E-state index contributed by atoms with van der Waals surface area (Å²) in [5, 5.41) is 11.7. The van der Waals surface area contributed by atoms with Crippen LogP contribution in [-0.4, -0.2) is 35.6 Å². The van der Waals surface area contributed by atoms with Crippen LogP contribution in [0.2, 0.25) is 0 Å². The zero-order chi connectivity index (χ0) is 17.5. The summed E-state index contributed by atoms with van der Waals surface area (Å²) in [5.74, 6) is 6.53. The molecule has 126 valence electrons. The topological polar surface area (TPSA) is 67.8 Å². The SMILES string of the molecule is C[C@H](C#Cc1ccccc1O[C@H](C)CO)NC(=O)OC(C)(C)C. The molecule has 0 saturated carbocycles. The van der Waals surface area contributed by atoms with Crippen LogP contribution in [0.3, 0.4) is 0 Å². The number of carbonyl (C=O) groups excluding carboxylic acids is 1. The van der Waals surface area contributed by atoms with E-state index in [0.717, 1.165) is 0 Å². The van der Waals surface area contributed by atoms with Crippen LogP contribution in [0, 0.1) is 11.8 Å². The molecule has 5 heteroatoms. The van der Waals surface area contributed by atoms with Gasteiger partial charge < -0.3 is 19.9 Å². The first kappa shape index (κ1) is 18.9. The first-order chi connectivity index (χ1) is 10.7. The molecule has 0 radical (unpaired) electrons. The highest BCUT2D eigenvalue weighted by atomic mass is 16.6. The van der Waals surface area contributed by atoms with Gasteiger partial charge in [0.15, 0.2) is 0 Å². The Hall–Kier alpha value is -2.19. The zero-order valence-corrected chi connectivity index (χ0v) is 14.3. The first-order valence-electron chi connectivity index (χ1n) is 7.59. The fourth-order valence-electron chi connectivity index (χ4n) is 1.63. The van der Waals surface area contributed by atoms with Gasteiger partial charge in [-0.15, -0.1) is 0 Å². The molecule has 0 aliphatic rings. The van der Waals surface area contributed by atoms with Crippen molar-refractivity contribution in [2.45, 2.75) is 52.4 Å². The second kappa shape index (κ2) is 8.44. The number of rotatable bonds is 4. The van der Waals surface area contributed by atoms with Gasteiger partial charge in [0.05, 0.1) is 18.2 Å². The van der Waals surface area contributed by atoms with Gasteiger partial charge in [0.2, 0.25) is 0 Å². The molecule has 2 N–H and O–H groups in total. The number of alkyl carbamates (subject to hydrolysis) is 1. The third-order valence-corrected chi connectivity index (χ3v) is 2.63. The lowest BCUT2D eigenvalue weighted by Crippen LogP contribution is -2.37. The van der Waals surface area contributed by atoms with Crippen LogP contribution in [0.15, 0.2) is 24.3 Å². The molecule has 2 atom stereocenters. The standard InChI is InChI=1S/C18H25NO4/c1-13(19-17(21)23-18(3,4)5)10-11-15-8-6-7-9-16(15)22-14(2)12-20/h6-9,13-14,20H,12H2,1-5H3,(H,19,21)/t13-,14-/m1/s1. The number of carbonyl (C=O) groups is 1. The minimum atomic E-state index is -0.544. The average molecular weight is 319 g/mol. The van der Waals surface area contributed by atoms with E-state index in [-0.39, 0.29) is 18.8 Å². The van der Waals surface area contributed by atoms with Crippen LogP contribution in [0.5, 0.6) is 5.75 Å². The van der Waals surface area contributed by atoms with Crippen molar-refractivity contribution in [2.24, 2.45) is 0 Å². The van der Waals surface area contributed by atoms with Crippen molar-refractivity contribution in [1.29, 1.82) is 0 Å². The molecule has 0 aromatic heterocycles. The summed E-state index contributed by atoms with van der Waals surface area (Å²) in [5.41, 5.74) is 0.156. The molecule has 0 unspecified atom stereocenters. The van der Waals surface area contributed by atoms with E-state index in [1.54, 1.807) is 40.7 Å². The second-order valence-corrected chi connectivity index (χ2v) is 6.24. The first-order valence-corrected chi connectivity index (χ1v) is 7.59. The van der Waals surface area contributed by atoms with E-state index >= 15 is 0 Å². The second-order valence-electron chi connectivity index (χ2n) is 6.24. The summed E-state index contributed by atoms with van der Waals surface area (Å²) in [6.45, 7) is 8.89. The largest absolute Gasteiger partial charge is 0.487 e. The maximum absolute atomic E-state index is 11.7. The molecule has 23 heavy (non-hydrogen) atoms. The van der Waals surface area contributed by atoms with Gasteiger partial charge in [-0.2, -0.15) is 0 Å². The molecule has 5 nitrogen and oxygen atoms in total. The van der Waals surface area contributed by atoms with Crippen LogP contribution >= 0.6 is 0 Å². The number of ether oxygens (including phenoxy) is 2. The van der Waals surface area contributed by atoms with E-state index in [0.29, 0.717) is 11.3 Å². The molecular formula is C18H25NO4. The number of aliphatic hydroxyl groups is 1. The fraction of sp³-hybridized carbons (Fsp3) is 0.500. The number of para-hydroxylation sites is 1. The summed E-state index contributed by atoms with van der Waals surface area (Å²) in [7, 11) is 0. The Kier molecular flexibility index (Phi) is 6.92. The summed E-state index contributed by atoms with van der Waals surface area (Å²) < 4.78 is 10.8. The molecule has 1 aromatic rings. The van der Waals surface area contributed by atoms with E-state index in [2.05, 4.69) is 17.2 Å². The van der Waals surface area contributed by atoms with E-state index in [1.165, 1.54) is 0 Å². The maximum Gasteiger partial charge on any atom is 0.408 e. The van der Waals surface area contributed by atoms with Gasteiger partial charge in [0.25, 0.3) is 0 Å². The van der Waals surface area contributed by atoms with Gasteiger partial charge in [0.1, 0.15) is 17.5 Å². The van der Waals surface area contributed by atoms with E-state index < -0.39 is 11.7 Å². The Labute approximate surface area is 138 Å². The van der Waals surface area contributed by atoms with Crippen molar-refractivity contribution in [3.8, 4) is 17.6 Å². The van der Waals surface area contributed by atoms with Gasteiger partial charge in [-0.05, 0) is 46.8 Å². The van der Waals surface area contributed by atoms with Crippen molar-refractivity contribution in [3.63, 3.8) is 0 Å². The molecule has 0 saturated heterocycles. The Morgan fingerprint density at radius 1 is 1.30 bits per heavy atom. The zero-order valence-electron chi connectivity index (χ0n) is 14.3. The smallest absolute Gasteiger partial charge is 0.408 e. The summed E-state index contributed by atoms with van der Waals surface area (Å²) in [6, 6.07) is 6.95. The molecule has 0 bridgehead atoms. The summed E-state index contributed by atoms with van der Waals surface area (Å²) in [6.07, 6.45) is -0.812. The van der Waals surface area contributed by atoms with Crippen molar-refractivity contribution in [1.82, 2.24) is 5.32 Å². The molecule has 1 amide bonds. The van der Waals surface area contributed by atoms with Gasteiger partial charge in [-0.3, -0.25) is 0 Å². The van der Waals surface area contributed by atoms with Crippen molar-refractivity contribution < 1.29 is 19.4 Å². The molecule has 1 aromatic carbocycles. The lowest BCUT2D eigenvalue weighted by atomic mass is 10.2. The fourth-order valence-corrected chi connectivity index (χ4v) is 1.63. The lowest BCUT2D eigenvalue weighted by Gasteiger charge is -2.20. The van der Waals surface area contributed by atoms with Gasteiger partial charge >= 0.3 is 6.09 Å². The minimum Gasteiger partial charge on any atom is -0.487 e. The summed E-state index contributed by atoms with van der Waals surface area (Å²) >= 11 is 0. The quantitative estimate of drug-likeness (QED) is 0.837. The Bertz CT molecular complexity index is 581.